The first kappa shape index (κ1) is 16.2. The van der Waals surface area contributed by atoms with Gasteiger partial charge < -0.3 is 4.90 Å². The van der Waals surface area contributed by atoms with E-state index in [1.807, 2.05) is 0 Å². The molecule has 0 atom stereocenters. The molecule has 3 aromatic rings. The van der Waals surface area contributed by atoms with Gasteiger partial charge in [0.25, 0.3) is 0 Å². The van der Waals surface area contributed by atoms with Crippen LogP contribution in [0.2, 0.25) is 0 Å². The highest BCUT2D eigenvalue weighted by atomic mass is 15.3. The fourth-order valence-corrected chi connectivity index (χ4v) is 3.87. The highest BCUT2D eigenvalue weighted by Crippen LogP contribution is 2.20. The van der Waals surface area contributed by atoms with Gasteiger partial charge in [0.2, 0.25) is 0 Å². The van der Waals surface area contributed by atoms with E-state index in [2.05, 4.69) is 82.6 Å². The Bertz CT molecular complexity index is 799. The largest absolute Gasteiger partial charge is 0.369 e. The quantitative estimate of drug-likeness (QED) is 0.675. The first-order valence-electron chi connectivity index (χ1n) is 9.39. The van der Waals surface area contributed by atoms with Crippen LogP contribution in [0, 0.1) is 0 Å². The van der Waals surface area contributed by atoms with Crippen molar-refractivity contribution in [1.29, 1.82) is 0 Å². The van der Waals surface area contributed by atoms with E-state index in [4.69, 9.17) is 0 Å². The van der Waals surface area contributed by atoms with Crippen LogP contribution in [0.4, 0.5) is 5.69 Å². The standard InChI is InChI=1S/C23H26N2/c1-2-12-22(13-3-1)25-18-16-24(17-19-25)15-7-11-21-10-6-9-20-8-4-5-14-23(20)21/h1-6,8-10,12-14H,7,11,15-19H2. The zero-order valence-corrected chi connectivity index (χ0v) is 14.8. The van der Waals surface area contributed by atoms with Crippen molar-refractivity contribution in [2.75, 3.05) is 37.6 Å². The van der Waals surface area contributed by atoms with Crippen molar-refractivity contribution < 1.29 is 0 Å². The van der Waals surface area contributed by atoms with Crippen LogP contribution in [-0.4, -0.2) is 37.6 Å². The molecule has 2 nitrogen and oxygen atoms in total. The molecular weight excluding hydrogens is 304 g/mol. The molecule has 0 aromatic heterocycles. The molecule has 2 heteroatoms. The van der Waals surface area contributed by atoms with E-state index in [9.17, 15) is 0 Å². The van der Waals surface area contributed by atoms with Crippen LogP contribution in [-0.2, 0) is 6.42 Å². The van der Waals surface area contributed by atoms with Gasteiger partial charge in [-0.25, -0.2) is 0 Å². The second-order valence-electron chi connectivity index (χ2n) is 6.91. The Morgan fingerprint density at radius 3 is 2.24 bits per heavy atom. The minimum absolute atomic E-state index is 1.14. The molecule has 0 unspecified atom stereocenters. The summed E-state index contributed by atoms with van der Waals surface area (Å²) in [6.07, 6.45) is 2.40. The molecule has 0 bridgehead atoms. The van der Waals surface area contributed by atoms with Gasteiger partial charge in [-0.1, -0.05) is 60.7 Å². The molecule has 0 amide bonds. The van der Waals surface area contributed by atoms with Crippen molar-refractivity contribution in [3.63, 3.8) is 0 Å². The topological polar surface area (TPSA) is 6.48 Å². The number of fused-ring (bicyclic) bond motifs is 1. The third-order valence-electron chi connectivity index (χ3n) is 5.29. The van der Waals surface area contributed by atoms with E-state index < -0.39 is 0 Å². The van der Waals surface area contributed by atoms with Crippen molar-refractivity contribution in [3.8, 4) is 0 Å². The molecule has 1 aliphatic rings. The lowest BCUT2D eigenvalue weighted by Crippen LogP contribution is -2.46. The molecule has 0 radical (unpaired) electrons. The zero-order chi connectivity index (χ0) is 16.9. The normalized spacial score (nSPS) is 15.6. The number of nitrogens with zero attached hydrogens (tertiary/aromatic N) is 2. The third kappa shape index (κ3) is 3.85. The predicted molar refractivity (Wildman–Crippen MR) is 107 cm³/mol. The van der Waals surface area contributed by atoms with Crippen LogP contribution >= 0.6 is 0 Å². The van der Waals surface area contributed by atoms with Gasteiger partial charge in [-0.15, -0.1) is 0 Å². The molecule has 0 N–H and O–H groups in total. The Morgan fingerprint density at radius 1 is 0.680 bits per heavy atom. The van der Waals surface area contributed by atoms with Gasteiger partial charge in [0.05, 0.1) is 0 Å². The zero-order valence-electron chi connectivity index (χ0n) is 14.8. The smallest absolute Gasteiger partial charge is 0.0367 e. The van der Waals surface area contributed by atoms with Gasteiger partial charge in [0, 0.05) is 31.9 Å². The summed E-state index contributed by atoms with van der Waals surface area (Å²) in [6.45, 7) is 5.82. The van der Waals surface area contributed by atoms with Crippen molar-refractivity contribution in [2.24, 2.45) is 0 Å². The second-order valence-corrected chi connectivity index (χ2v) is 6.91. The first-order chi connectivity index (χ1) is 12.4. The van der Waals surface area contributed by atoms with Crippen LogP contribution in [0.3, 0.4) is 0 Å². The number of hydrogen-bond donors (Lipinski definition) is 0. The molecule has 3 aromatic carbocycles. The van der Waals surface area contributed by atoms with Gasteiger partial charge in [-0.05, 0) is 47.9 Å². The Balaban J connectivity index is 1.28. The second kappa shape index (κ2) is 7.71. The molecule has 0 saturated carbocycles. The molecule has 1 aliphatic heterocycles. The van der Waals surface area contributed by atoms with Gasteiger partial charge in [0.15, 0.2) is 0 Å². The highest BCUT2D eigenvalue weighted by Gasteiger charge is 2.16. The molecule has 0 aliphatic carbocycles. The third-order valence-corrected chi connectivity index (χ3v) is 5.29. The van der Waals surface area contributed by atoms with Crippen LogP contribution in [0.25, 0.3) is 10.8 Å². The first-order valence-corrected chi connectivity index (χ1v) is 9.39. The van der Waals surface area contributed by atoms with Crippen LogP contribution < -0.4 is 4.90 Å². The van der Waals surface area contributed by atoms with Crippen LogP contribution in [0.15, 0.2) is 72.8 Å². The van der Waals surface area contributed by atoms with E-state index in [-0.39, 0.29) is 0 Å². The number of rotatable bonds is 5. The minimum Gasteiger partial charge on any atom is -0.369 e. The summed E-state index contributed by atoms with van der Waals surface area (Å²) < 4.78 is 0. The molecule has 1 heterocycles. The average Bonchev–Trinajstić information content (AvgIpc) is 2.69. The average molecular weight is 330 g/mol. The maximum atomic E-state index is 2.62. The highest BCUT2D eigenvalue weighted by molar-refractivity contribution is 5.85. The van der Waals surface area contributed by atoms with Crippen LogP contribution in [0.1, 0.15) is 12.0 Å². The molecule has 4 rings (SSSR count). The van der Waals surface area contributed by atoms with Gasteiger partial charge >= 0.3 is 0 Å². The van der Waals surface area contributed by atoms with E-state index in [0.29, 0.717) is 0 Å². The number of benzene rings is 3. The lowest BCUT2D eigenvalue weighted by molar-refractivity contribution is 0.255. The van der Waals surface area contributed by atoms with Crippen molar-refractivity contribution >= 4 is 16.5 Å². The Kier molecular flexibility index (Phi) is 4.98. The van der Waals surface area contributed by atoms with Crippen LogP contribution in [0.5, 0.6) is 0 Å². The molecular formula is C23H26N2. The monoisotopic (exact) mass is 330 g/mol. The predicted octanol–water partition coefficient (Wildman–Crippen LogP) is 4.59. The van der Waals surface area contributed by atoms with Gasteiger partial charge in [-0.3, -0.25) is 4.90 Å². The number of aryl methyl sites for hydroxylation is 1. The van der Waals surface area contributed by atoms with Crippen molar-refractivity contribution in [2.45, 2.75) is 12.8 Å². The summed E-state index contributed by atoms with van der Waals surface area (Å²) in [5.74, 6) is 0. The lowest BCUT2D eigenvalue weighted by Gasteiger charge is -2.36. The van der Waals surface area contributed by atoms with E-state index >= 15 is 0 Å². The summed E-state index contributed by atoms with van der Waals surface area (Å²) in [7, 11) is 0. The Morgan fingerprint density at radius 2 is 1.40 bits per heavy atom. The number of piperazine rings is 1. The SMILES string of the molecule is c1ccc(N2CCN(CCCc3cccc4ccccc34)CC2)cc1. The number of anilines is 1. The molecule has 1 fully saturated rings. The Labute approximate surface area is 150 Å². The molecule has 0 spiro atoms. The maximum Gasteiger partial charge on any atom is 0.0367 e. The molecule has 1 saturated heterocycles. The summed E-state index contributed by atoms with van der Waals surface area (Å²) in [5, 5.41) is 2.77. The number of hydrogen-bond acceptors (Lipinski definition) is 2. The summed E-state index contributed by atoms with van der Waals surface area (Å²) in [4.78, 5) is 5.12. The fraction of sp³-hybridized carbons (Fsp3) is 0.304. The molecule has 25 heavy (non-hydrogen) atoms. The Hall–Kier alpha value is -2.32. The summed E-state index contributed by atoms with van der Waals surface area (Å²) in [5.41, 5.74) is 2.85. The van der Waals surface area contributed by atoms with E-state index in [1.165, 1.54) is 54.5 Å². The van der Waals surface area contributed by atoms with Gasteiger partial charge in [-0.2, -0.15) is 0 Å². The fourth-order valence-electron chi connectivity index (χ4n) is 3.87. The van der Waals surface area contributed by atoms with E-state index in [1.54, 1.807) is 0 Å². The van der Waals surface area contributed by atoms with Crippen molar-refractivity contribution in [3.05, 3.63) is 78.4 Å². The van der Waals surface area contributed by atoms with E-state index in [0.717, 1.165) is 13.1 Å². The molecule has 128 valence electrons. The maximum absolute atomic E-state index is 2.62. The van der Waals surface area contributed by atoms with Crippen molar-refractivity contribution in [1.82, 2.24) is 4.90 Å². The summed E-state index contributed by atoms with van der Waals surface area (Å²) >= 11 is 0. The van der Waals surface area contributed by atoms with Gasteiger partial charge in [0.1, 0.15) is 0 Å². The number of para-hydroxylation sites is 1. The summed E-state index contributed by atoms with van der Waals surface area (Å²) in [6, 6.07) is 26.2. The minimum atomic E-state index is 1.14. The lowest BCUT2D eigenvalue weighted by atomic mass is 10.0.